The lowest BCUT2D eigenvalue weighted by atomic mass is 10.00. The van der Waals surface area contributed by atoms with Crippen LogP contribution in [-0.2, 0) is 9.59 Å². The minimum atomic E-state index is -4.40. The van der Waals surface area contributed by atoms with E-state index in [2.05, 4.69) is 18.8 Å². The molecule has 0 bridgehead atoms. The third kappa shape index (κ3) is 5.05. The average Bonchev–Trinajstić information content (AvgIpc) is 2.89. The Morgan fingerprint density at radius 1 is 1.31 bits per heavy atom. The van der Waals surface area contributed by atoms with Crippen molar-refractivity contribution in [1.82, 2.24) is 4.90 Å². The molecule has 0 aromatic rings. The molecule has 2 heterocycles. The third-order valence-electron chi connectivity index (χ3n) is 4.57. The molecule has 0 saturated heterocycles. The van der Waals surface area contributed by atoms with E-state index in [4.69, 9.17) is 0 Å². The monoisotopic (exact) mass is 370 g/mol. The van der Waals surface area contributed by atoms with E-state index in [0.29, 0.717) is 38.0 Å². The highest BCUT2D eigenvalue weighted by Crippen LogP contribution is 2.32. The van der Waals surface area contributed by atoms with E-state index in [1.807, 2.05) is 0 Å². The van der Waals surface area contributed by atoms with Crippen LogP contribution in [0.2, 0.25) is 0 Å². The van der Waals surface area contributed by atoms with Gasteiger partial charge >= 0.3 is 6.18 Å². The van der Waals surface area contributed by atoms with Crippen molar-refractivity contribution >= 4 is 17.9 Å². The van der Waals surface area contributed by atoms with Gasteiger partial charge in [0, 0.05) is 50.2 Å². The molecule has 7 heteroatoms. The molecule has 1 saturated carbocycles. The summed E-state index contributed by atoms with van der Waals surface area (Å²) in [5.74, 6) is -0.215. The zero-order chi connectivity index (χ0) is 19.3. The summed E-state index contributed by atoms with van der Waals surface area (Å²) >= 11 is 0. The van der Waals surface area contributed by atoms with Crippen LogP contribution in [0.15, 0.2) is 27.9 Å². The maximum absolute atomic E-state index is 12.8. The lowest BCUT2D eigenvalue weighted by Crippen LogP contribution is -2.40. The number of aliphatic imine (C=N–C) groups is 1. The molecular formula is C19H25F3N2O2. The Bertz CT molecular complexity index is 648. The van der Waals surface area contributed by atoms with E-state index in [9.17, 15) is 22.8 Å². The molecule has 0 radical (unpaired) electrons. The number of hydrogen-bond donors (Lipinski definition) is 0. The summed E-state index contributed by atoms with van der Waals surface area (Å²) in [5.41, 5.74) is 0.655. The number of alkyl halides is 3. The van der Waals surface area contributed by atoms with Gasteiger partial charge in [-0.2, -0.15) is 13.2 Å². The summed E-state index contributed by atoms with van der Waals surface area (Å²) in [7, 11) is 0. The second-order valence-electron chi connectivity index (χ2n) is 6.87. The molecule has 0 aromatic carbocycles. The third-order valence-corrected chi connectivity index (χ3v) is 4.57. The van der Waals surface area contributed by atoms with E-state index in [1.54, 1.807) is 4.90 Å². The van der Waals surface area contributed by atoms with E-state index in [1.165, 1.54) is 6.42 Å². The second kappa shape index (κ2) is 8.64. The molecule has 0 spiro atoms. The minimum absolute atomic E-state index is 0.0596. The van der Waals surface area contributed by atoms with Crippen LogP contribution < -0.4 is 0 Å². The molecule has 26 heavy (non-hydrogen) atoms. The van der Waals surface area contributed by atoms with Crippen LogP contribution in [0.1, 0.15) is 52.4 Å². The van der Waals surface area contributed by atoms with Crippen LogP contribution in [0.5, 0.6) is 0 Å². The Labute approximate surface area is 151 Å². The predicted octanol–water partition coefficient (Wildman–Crippen LogP) is 4.22. The Balaban J connectivity index is 0.000000758. The Kier molecular flexibility index (Phi) is 6.78. The molecule has 1 aliphatic carbocycles. The number of carbonyl (C=O) groups excluding carboxylic acids is 2. The van der Waals surface area contributed by atoms with Crippen molar-refractivity contribution < 1.29 is 22.8 Å². The van der Waals surface area contributed by atoms with Crippen molar-refractivity contribution in [3.8, 4) is 0 Å². The number of ketones is 1. The van der Waals surface area contributed by atoms with Gasteiger partial charge in [-0.3, -0.25) is 14.6 Å². The van der Waals surface area contributed by atoms with Gasteiger partial charge in [0.15, 0.2) is 0 Å². The van der Waals surface area contributed by atoms with Gasteiger partial charge in [-0.15, -0.1) is 0 Å². The van der Waals surface area contributed by atoms with Crippen molar-refractivity contribution in [2.75, 3.05) is 13.1 Å². The van der Waals surface area contributed by atoms with Crippen LogP contribution in [0.4, 0.5) is 13.2 Å². The van der Waals surface area contributed by atoms with Crippen LogP contribution in [-0.4, -0.2) is 42.1 Å². The fourth-order valence-electron chi connectivity index (χ4n) is 3.25. The number of hydrogen-bond acceptors (Lipinski definition) is 3. The van der Waals surface area contributed by atoms with Crippen molar-refractivity contribution in [1.29, 1.82) is 0 Å². The summed E-state index contributed by atoms with van der Waals surface area (Å²) in [5, 5.41) is 0. The number of rotatable bonds is 1. The first-order chi connectivity index (χ1) is 12.3. The van der Waals surface area contributed by atoms with Gasteiger partial charge in [0.1, 0.15) is 5.78 Å². The summed E-state index contributed by atoms with van der Waals surface area (Å²) < 4.78 is 38.3. The first-order valence-corrected chi connectivity index (χ1v) is 9.09. The highest BCUT2D eigenvalue weighted by Gasteiger charge is 2.35. The van der Waals surface area contributed by atoms with Crippen LogP contribution >= 0.6 is 0 Å². The van der Waals surface area contributed by atoms with Crippen molar-refractivity contribution in [3.05, 3.63) is 22.9 Å². The van der Waals surface area contributed by atoms with E-state index in [0.717, 1.165) is 17.9 Å². The predicted molar refractivity (Wildman–Crippen MR) is 93.8 cm³/mol. The van der Waals surface area contributed by atoms with Gasteiger partial charge in [-0.25, -0.2) is 0 Å². The first-order valence-electron chi connectivity index (χ1n) is 9.09. The Hall–Kier alpha value is -1.92. The molecule has 0 aromatic heterocycles. The smallest absolute Gasteiger partial charge is 0.338 e. The Morgan fingerprint density at radius 2 is 2.00 bits per heavy atom. The zero-order valence-electron chi connectivity index (χ0n) is 15.2. The van der Waals surface area contributed by atoms with Crippen LogP contribution in [0.25, 0.3) is 0 Å². The zero-order valence-corrected chi connectivity index (χ0v) is 15.2. The number of Topliss-reactive ketones (excluding diaryl/α,β-unsaturated/α-hetero) is 1. The van der Waals surface area contributed by atoms with Gasteiger partial charge < -0.3 is 4.90 Å². The number of amides is 1. The van der Waals surface area contributed by atoms with Gasteiger partial charge in [-0.05, 0) is 18.4 Å². The number of allylic oxidation sites excluding steroid dienone is 2. The maximum atomic E-state index is 12.8. The lowest BCUT2D eigenvalue weighted by Gasteiger charge is -2.31. The topological polar surface area (TPSA) is 49.7 Å². The molecule has 1 amide bonds. The minimum Gasteiger partial charge on any atom is -0.338 e. The van der Waals surface area contributed by atoms with Crippen molar-refractivity contribution in [2.24, 2.45) is 10.9 Å². The van der Waals surface area contributed by atoms with Gasteiger partial charge in [0.25, 0.3) is 0 Å². The van der Waals surface area contributed by atoms with Gasteiger partial charge in [0.05, 0.1) is 5.57 Å². The fourth-order valence-corrected chi connectivity index (χ4v) is 3.25. The molecule has 3 rings (SSSR count). The van der Waals surface area contributed by atoms with Crippen molar-refractivity contribution in [3.63, 3.8) is 0 Å². The van der Waals surface area contributed by atoms with E-state index >= 15 is 0 Å². The van der Waals surface area contributed by atoms with E-state index in [-0.39, 0.29) is 30.4 Å². The molecule has 4 nitrogen and oxygen atoms in total. The number of carbonyl (C=O) groups is 2. The van der Waals surface area contributed by atoms with Crippen molar-refractivity contribution in [2.45, 2.75) is 58.5 Å². The normalized spacial score (nSPS) is 23.1. The van der Waals surface area contributed by atoms with E-state index < -0.39 is 11.7 Å². The summed E-state index contributed by atoms with van der Waals surface area (Å²) in [4.78, 5) is 29.4. The largest absolute Gasteiger partial charge is 0.417 e. The SMILES string of the molecule is CCC.O=C1CC[C@H](C(=O)N2CCC3=C(CC=C(C(F)(F)F)C=N3)C2)C1. The first kappa shape index (κ1) is 20.4. The molecule has 1 fully saturated rings. The molecule has 1 atom stereocenters. The number of halogens is 3. The summed E-state index contributed by atoms with van der Waals surface area (Å²) in [6.07, 6.45) is 0.759. The van der Waals surface area contributed by atoms with Gasteiger partial charge in [0.2, 0.25) is 5.91 Å². The molecule has 0 unspecified atom stereocenters. The quantitative estimate of drug-likeness (QED) is 0.694. The maximum Gasteiger partial charge on any atom is 0.417 e. The number of nitrogens with zero attached hydrogens (tertiary/aromatic N) is 2. The standard InChI is InChI=1S/C16H17F3N2O2.C3H8/c17-16(18,19)12-3-1-11-9-21(6-5-14(11)20-8-12)15(23)10-2-4-13(22)7-10;1-3-2/h3,8,10H,1-2,4-7,9H2;3H2,1-2H3/t10-;/m0./s1. The summed E-state index contributed by atoms with van der Waals surface area (Å²) in [6.45, 7) is 5.00. The molecule has 144 valence electrons. The molecule has 0 N–H and O–H groups in total. The van der Waals surface area contributed by atoms with Crippen LogP contribution in [0, 0.1) is 5.92 Å². The second-order valence-corrected chi connectivity index (χ2v) is 6.87. The fraction of sp³-hybridized carbons (Fsp3) is 0.632. The molecular weight excluding hydrogens is 345 g/mol. The average molecular weight is 370 g/mol. The summed E-state index contributed by atoms with van der Waals surface area (Å²) in [6, 6.07) is 0. The molecule has 3 aliphatic rings. The highest BCUT2D eigenvalue weighted by molar-refractivity contribution is 5.90. The molecule has 2 aliphatic heterocycles. The Morgan fingerprint density at radius 3 is 2.58 bits per heavy atom. The lowest BCUT2D eigenvalue weighted by molar-refractivity contribution is -0.136. The van der Waals surface area contributed by atoms with Crippen LogP contribution in [0.3, 0.4) is 0 Å². The highest BCUT2D eigenvalue weighted by atomic mass is 19.4. The van der Waals surface area contributed by atoms with Gasteiger partial charge in [-0.1, -0.05) is 26.3 Å².